The van der Waals surface area contributed by atoms with E-state index < -0.39 is 0 Å². The molecule has 0 fully saturated rings. The highest BCUT2D eigenvalue weighted by Gasteiger charge is 2.23. The second-order valence-corrected chi connectivity index (χ2v) is 7.63. The maximum absolute atomic E-state index is 9.66. The molecule has 0 saturated heterocycles. The molecule has 1 aromatic carbocycles. The van der Waals surface area contributed by atoms with Gasteiger partial charge in [0, 0.05) is 10.6 Å². The fourth-order valence-corrected chi connectivity index (χ4v) is 4.16. The van der Waals surface area contributed by atoms with Crippen molar-refractivity contribution in [1.82, 2.24) is 0 Å². The minimum absolute atomic E-state index is 0.0480. The number of thioether (sulfide) groups is 1. The Morgan fingerprint density at radius 2 is 1.47 bits per heavy atom. The molecule has 0 aliphatic heterocycles. The molecular formula is C13H16Cl4OS. The summed E-state index contributed by atoms with van der Waals surface area (Å²) >= 11 is 25.6. The summed E-state index contributed by atoms with van der Waals surface area (Å²) in [7, 11) is 0. The zero-order valence-electron chi connectivity index (χ0n) is 11.0. The summed E-state index contributed by atoms with van der Waals surface area (Å²) in [6.45, 7) is 6.53. The molecule has 0 aliphatic carbocycles. The van der Waals surface area contributed by atoms with E-state index >= 15 is 0 Å². The van der Waals surface area contributed by atoms with Crippen LogP contribution in [0.2, 0.25) is 20.1 Å². The molecule has 0 unspecified atom stereocenters. The molecule has 0 spiro atoms. The van der Waals surface area contributed by atoms with Crippen LogP contribution in [0.15, 0.2) is 4.90 Å². The third kappa shape index (κ3) is 4.25. The molecule has 6 heteroatoms. The summed E-state index contributed by atoms with van der Waals surface area (Å²) < 4.78 is 0. The van der Waals surface area contributed by atoms with Gasteiger partial charge in [0.15, 0.2) is 5.75 Å². The second-order valence-electron chi connectivity index (χ2n) is 5.14. The predicted octanol–water partition coefficient (Wildman–Crippen LogP) is 6.92. The van der Waals surface area contributed by atoms with Gasteiger partial charge in [0.05, 0.1) is 10.0 Å². The predicted molar refractivity (Wildman–Crippen MR) is 87.6 cm³/mol. The van der Waals surface area contributed by atoms with E-state index in [9.17, 15) is 5.11 Å². The van der Waals surface area contributed by atoms with Crippen LogP contribution in [0.4, 0.5) is 0 Å². The topological polar surface area (TPSA) is 20.2 Å². The molecule has 0 atom stereocenters. The standard InChI is InChI=1S/C13H16Cl4OS/c1-4-5-13(2,3)6-19-12-9(16)7(14)11(18)8(15)10(12)17/h18H,4-6H2,1-3H3. The van der Waals surface area contributed by atoms with Gasteiger partial charge in [-0.25, -0.2) is 0 Å². The fourth-order valence-electron chi connectivity index (χ4n) is 1.74. The molecule has 1 N–H and O–H groups in total. The Bertz CT molecular complexity index is 445. The Morgan fingerprint density at radius 3 is 1.89 bits per heavy atom. The van der Waals surface area contributed by atoms with Gasteiger partial charge in [0.1, 0.15) is 10.0 Å². The molecule has 0 radical (unpaired) electrons. The number of benzene rings is 1. The first-order valence-corrected chi connectivity index (χ1v) is 8.38. The van der Waals surface area contributed by atoms with Crippen molar-refractivity contribution in [2.45, 2.75) is 38.5 Å². The number of hydrogen-bond donors (Lipinski definition) is 1. The summed E-state index contributed by atoms with van der Waals surface area (Å²) in [6, 6.07) is 0. The van der Waals surface area contributed by atoms with Crippen LogP contribution >= 0.6 is 58.2 Å². The van der Waals surface area contributed by atoms with E-state index in [0.29, 0.717) is 4.90 Å². The van der Waals surface area contributed by atoms with Crippen molar-refractivity contribution in [3.05, 3.63) is 20.1 Å². The van der Waals surface area contributed by atoms with Crippen LogP contribution in [0, 0.1) is 5.41 Å². The third-order valence-corrected chi connectivity index (χ3v) is 6.27. The number of phenols is 1. The Morgan fingerprint density at radius 1 is 1.00 bits per heavy atom. The molecule has 1 nitrogen and oxygen atoms in total. The fraction of sp³-hybridized carbons (Fsp3) is 0.538. The lowest BCUT2D eigenvalue weighted by Gasteiger charge is -2.24. The molecule has 0 saturated carbocycles. The van der Waals surface area contributed by atoms with Crippen molar-refractivity contribution in [2.75, 3.05) is 5.75 Å². The summed E-state index contributed by atoms with van der Waals surface area (Å²) in [4.78, 5) is 0.625. The summed E-state index contributed by atoms with van der Waals surface area (Å²) in [5.74, 6) is 0.577. The Kier molecular flexibility index (Phi) is 6.47. The van der Waals surface area contributed by atoms with Crippen molar-refractivity contribution in [1.29, 1.82) is 0 Å². The third-order valence-electron chi connectivity index (χ3n) is 2.73. The first-order chi connectivity index (χ1) is 8.71. The highest BCUT2D eigenvalue weighted by Crippen LogP contribution is 2.49. The monoisotopic (exact) mass is 360 g/mol. The Balaban J connectivity index is 3.03. The smallest absolute Gasteiger partial charge is 0.155 e. The van der Waals surface area contributed by atoms with Gasteiger partial charge in [-0.3, -0.25) is 0 Å². The van der Waals surface area contributed by atoms with Crippen molar-refractivity contribution < 1.29 is 5.11 Å². The molecule has 0 aliphatic rings. The molecule has 0 bridgehead atoms. The van der Waals surface area contributed by atoms with E-state index in [1.165, 1.54) is 11.8 Å². The van der Waals surface area contributed by atoms with E-state index in [1.807, 2.05) is 0 Å². The van der Waals surface area contributed by atoms with E-state index in [1.54, 1.807) is 0 Å². The number of halogens is 4. The van der Waals surface area contributed by atoms with Crippen LogP contribution in [0.1, 0.15) is 33.6 Å². The van der Waals surface area contributed by atoms with Gasteiger partial charge in [-0.05, 0) is 11.8 Å². The quantitative estimate of drug-likeness (QED) is 0.453. The van der Waals surface area contributed by atoms with Crippen LogP contribution in [0.25, 0.3) is 0 Å². The van der Waals surface area contributed by atoms with E-state index in [2.05, 4.69) is 20.8 Å². The number of phenolic OH excluding ortho intramolecular Hbond substituents is 1. The van der Waals surface area contributed by atoms with Gasteiger partial charge in [-0.1, -0.05) is 73.6 Å². The lowest BCUT2D eigenvalue weighted by Crippen LogP contribution is -2.14. The molecule has 0 heterocycles. The SMILES string of the molecule is CCCC(C)(C)CSc1c(Cl)c(Cl)c(O)c(Cl)c1Cl. The minimum atomic E-state index is -0.268. The largest absolute Gasteiger partial charge is 0.505 e. The van der Waals surface area contributed by atoms with E-state index in [4.69, 9.17) is 46.4 Å². The van der Waals surface area contributed by atoms with Crippen LogP contribution in [-0.4, -0.2) is 10.9 Å². The van der Waals surface area contributed by atoms with Gasteiger partial charge in [0.2, 0.25) is 0 Å². The zero-order chi connectivity index (χ0) is 14.8. The zero-order valence-corrected chi connectivity index (χ0v) is 14.8. The number of rotatable bonds is 5. The average Bonchev–Trinajstić information content (AvgIpc) is 2.34. The van der Waals surface area contributed by atoms with Crippen molar-refractivity contribution in [3.8, 4) is 5.75 Å². The van der Waals surface area contributed by atoms with E-state index in [-0.39, 0.29) is 31.3 Å². The van der Waals surface area contributed by atoms with Gasteiger partial charge < -0.3 is 5.11 Å². The summed E-state index contributed by atoms with van der Waals surface area (Å²) in [5.41, 5.74) is 0.170. The molecule has 0 amide bonds. The minimum Gasteiger partial charge on any atom is -0.505 e. The number of aromatic hydroxyl groups is 1. The molecule has 0 aromatic heterocycles. The summed E-state index contributed by atoms with van der Waals surface area (Å²) in [6.07, 6.45) is 2.22. The van der Waals surface area contributed by atoms with Crippen LogP contribution < -0.4 is 0 Å². The first kappa shape index (κ1) is 17.6. The molecule has 1 rings (SSSR count). The Labute approximate surface area is 138 Å². The van der Waals surface area contributed by atoms with Crippen LogP contribution in [-0.2, 0) is 0 Å². The van der Waals surface area contributed by atoms with E-state index in [0.717, 1.165) is 18.6 Å². The van der Waals surface area contributed by atoms with Gasteiger partial charge in [-0.2, -0.15) is 0 Å². The molecule has 1 aromatic rings. The molecule has 19 heavy (non-hydrogen) atoms. The van der Waals surface area contributed by atoms with Gasteiger partial charge >= 0.3 is 0 Å². The van der Waals surface area contributed by atoms with Crippen LogP contribution in [0.5, 0.6) is 5.75 Å². The highest BCUT2D eigenvalue weighted by atomic mass is 35.5. The van der Waals surface area contributed by atoms with Crippen molar-refractivity contribution >= 4 is 58.2 Å². The van der Waals surface area contributed by atoms with Crippen molar-refractivity contribution in [3.63, 3.8) is 0 Å². The highest BCUT2D eigenvalue weighted by molar-refractivity contribution is 7.99. The number of hydrogen-bond acceptors (Lipinski definition) is 2. The average molecular weight is 362 g/mol. The molecule has 108 valence electrons. The lowest BCUT2D eigenvalue weighted by atomic mass is 9.91. The first-order valence-electron chi connectivity index (χ1n) is 5.89. The second kappa shape index (κ2) is 7.00. The van der Waals surface area contributed by atoms with Gasteiger partial charge in [-0.15, -0.1) is 11.8 Å². The summed E-state index contributed by atoms with van der Waals surface area (Å²) in [5, 5.41) is 10.3. The molecular weight excluding hydrogens is 346 g/mol. The Hall–Kier alpha value is 0.530. The van der Waals surface area contributed by atoms with Crippen molar-refractivity contribution in [2.24, 2.45) is 5.41 Å². The van der Waals surface area contributed by atoms with Gasteiger partial charge in [0.25, 0.3) is 0 Å². The maximum Gasteiger partial charge on any atom is 0.155 e. The maximum atomic E-state index is 9.66. The normalized spacial score (nSPS) is 11.9. The lowest BCUT2D eigenvalue weighted by molar-refractivity contribution is 0.382. The van der Waals surface area contributed by atoms with Crippen LogP contribution in [0.3, 0.4) is 0 Å².